The first-order chi connectivity index (χ1) is 12.3. The van der Waals surface area contributed by atoms with Crippen LogP contribution in [-0.4, -0.2) is 42.1 Å². The second kappa shape index (κ2) is 6.98. The summed E-state index contributed by atoms with van der Waals surface area (Å²) in [5.74, 6) is -0.347. The van der Waals surface area contributed by atoms with Crippen molar-refractivity contribution in [2.45, 2.75) is 32.6 Å². The fraction of sp³-hybridized carbons (Fsp3) is 0.429. The molecule has 138 valence electrons. The van der Waals surface area contributed by atoms with Crippen molar-refractivity contribution < 1.29 is 19.4 Å². The van der Waals surface area contributed by atoms with Crippen LogP contribution in [0.5, 0.6) is 5.75 Å². The Morgan fingerprint density at radius 1 is 1.19 bits per heavy atom. The Morgan fingerprint density at radius 2 is 1.88 bits per heavy atom. The van der Waals surface area contributed by atoms with Gasteiger partial charge in [-0.25, -0.2) is 0 Å². The monoisotopic (exact) mass is 355 g/mol. The number of likely N-dealkylation sites (tertiary alicyclic amines) is 1. The number of piperidine rings is 1. The molecule has 0 aromatic heterocycles. The van der Waals surface area contributed by atoms with Crippen molar-refractivity contribution in [3.63, 3.8) is 0 Å². The van der Waals surface area contributed by atoms with E-state index < -0.39 is 11.4 Å². The Bertz CT molecular complexity index is 847. The van der Waals surface area contributed by atoms with Gasteiger partial charge in [0.1, 0.15) is 5.75 Å². The third kappa shape index (κ3) is 3.39. The molecular weight excluding hydrogens is 330 g/mol. The lowest BCUT2D eigenvalue weighted by molar-refractivity contribution is -0.153. The van der Waals surface area contributed by atoms with Gasteiger partial charge in [-0.05, 0) is 55.2 Å². The van der Waals surface area contributed by atoms with Crippen LogP contribution < -0.4 is 4.74 Å². The highest BCUT2D eigenvalue weighted by molar-refractivity contribution is 5.89. The second-order valence-electron chi connectivity index (χ2n) is 7.42. The maximum atomic E-state index is 13.0. The summed E-state index contributed by atoms with van der Waals surface area (Å²) in [5, 5.41) is 11.6. The van der Waals surface area contributed by atoms with Gasteiger partial charge in [0.05, 0.1) is 18.4 Å². The average Bonchev–Trinajstić information content (AvgIpc) is 2.65. The molecule has 1 aliphatic heterocycles. The Labute approximate surface area is 153 Å². The van der Waals surface area contributed by atoms with Crippen molar-refractivity contribution >= 4 is 22.6 Å². The number of carbonyl (C=O) groups excluding carboxylic acids is 1. The summed E-state index contributed by atoms with van der Waals surface area (Å²) >= 11 is 0. The van der Waals surface area contributed by atoms with Crippen molar-refractivity contribution in [3.8, 4) is 5.75 Å². The summed E-state index contributed by atoms with van der Waals surface area (Å²) in [6.45, 7) is 4.51. The quantitative estimate of drug-likeness (QED) is 0.909. The normalized spacial score (nSPS) is 21.4. The lowest BCUT2D eigenvalue weighted by atomic mass is 9.81. The molecule has 3 rings (SSSR count). The number of carboxylic acids is 1. The number of carboxylic acid groups (broad SMARTS) is 1. The second-order valence-corrected chi connectivity index (χ2v) is 7.42. The van der Waals surface area contributed by atoms with Crippen LogP contribution in [0.2, 0.25) is 0 Å². The van der Waals surface area contributed by atoms with E-state index in [1.54, 1.807) is 18.9 Å². The predicted octanol–water partition coefficient (Wildman–Crippen LogP) is 3.67. The van der Waals surface area contributed by atoms with Crippen molar-refractivity contribution in [2.75, 3.05) is 20.2 Å². The molecule has 26 heavy (non-hydrogen) atoms. The Morgan fingerprint density at radius 3 is 2.58 bits per heavy atom. The zero-order chi connectivity index (χ0) is 18.9. The molecule has 1 amide bonds. The van der Waals surface area contributed by atoms with E-state index in [2.05, 4.69) is 0 Å². The summed E-state index contributed by atoms with van der Waals surface area (Å²) in [6.07, 6.45) is 1.33. The van der Waals surface area contributed by atoms with Gasteiger partial charge in [0, 0.05) is 13.1 Å². The Hall–Kier alpha value is -2.56. The minimum absolute atomic E-state index is 0.00923. The number of rotatable bonds is 4. The third-order valence-electron chi connectivity index (χ3n) is 5.47. The SMILES string of the molecule is COc1ccc2cc(C(C)C(=O)N3CCCC(C)(C(=O)O)C3)ccc2c1. The number of aliphatic carboxylic acids is 1. The topological polar surface area (TPSA) is 66.8 Å². The number of fused-ring (bicyclic) bond motifs is 1. The molecular formula is C21H25NO4. The van der Waals surface area contributed by atoms with Crippen LogP contribution >= 0.6 is 0 Å². The fourth-order valence-corrected chi connectivity index (χ4v) is 3.66. The van der Waals surface area contributed by atoms with Gasteiger partial charge < -0.3 is 14.7 Å². The summed E-state index contributed by atoms with van der Waals surface area (Å²) in [6, 6.07) is 11.8. The molecule has 2 aromatic rings. The fourth-order valence-electron chi connectivity index (χ4n) is 3.66. The first-order valence-corrected chi connectivity index (χ1v) is 8.94. The van der Waals surface area contributed by atoms with Crippen LogP contribution in [0.25, 0.3) is 10.8 Å². The number of hydrogen-bond donors (Lipinski definition) is 1. The molecule has 0 spiro atoms. The standard InChI is InChI=1S/C21H25NO4/c1-14(19(23)22-10-4-9-21(2,13-22)20(24)25)15-5-6-17-12-18(26-3)8-7-16(17)11-15/h5-8,11-12,14H,4,9-10,13H2,1-3H3,(H,24,25). The van der Waals surface area contributed by atoms with E-state index in [9.17, 15) is 14.7 Å². The summed E-state index contributed by atoms with van der Waals surface area (Å²) in [7, 11) is 1.64. The van der Waals surface area contributed by atoms with E-state index in [-0.39, 0.29) is 18.4 Å². The smallest absolute Gasteiger partial charge is 0.311 e. The highest BCUT2D eigenvalue weighted by atomic mass is 16.5. The number of methoxy groups -OCH3 is 1. The van der Waals surface area contributed by atoms with Crippen LogP contribution in [0.1, 0.15) is 38.2 Å². The minimum atomic E-state index is -0.854. The van der Waals surface area contributed by atoms with Crippen LogP contribution in [0.3, 0.4) is 0 Å². The first kappa shape index (κ1) is 18.2. The van der Waals surface area contributed by atoms with E-state index in [1.807, 2.05) is 43.3 Å². The first-order valence-electron chi connectivity index (χ1n) is 8.94. The lowest BCUT2D eigenvalue weighted by Gasteiger charge is -2.38. The molecule has 2 unspecified atom stereocenters. The summed E-state index contributed by atoms with van der Waals surface area (Å²) < 4.78 is 5.25. The molecule has 2 aromatic carbocycles. The zero-order valence-corrected chi connectivity index (χ0v) is 15.5. The predicted molar refractivity (Wildman–Crippen MR) is 100 cm³/mol. The average molecular weight is 355 g/mol. The molecule has 2 atom stereocenters. The van der Waals surface area contributed by atoms with Gasteiger partial charge in [-0.1, -0.05) is 24.3 Å². The molecule has 0 saturated carbocycles. The van der Waals surface area contributed by atoms with Crippen LogP contribution in [0, 0.1) is 5.41 Å². The van der Waals surface area contributed by atoms with Gasteiger partial charge in [0.15, 0.2) is 0 Å². The summed E-state index contributed by atoms with van der Waals surface area (Å²) in [5.41, 5.74) is 0.0865. The Kier molecular flexibility index (Phi) is 4.90. The zero-order valence-electron chi connectivity index (χ0n) is 15.5. The molecule has 1 heterocycles. The van der Waals surface area contributed by atoms with Gasteiger partial charge in [-0.3, -0.25) is 9.59 Å². The number of carbonyl (C=O) groups is 2. The Balaban J connectivity index is 1.82. The minimum Gasteiger partial charge on any atom is -0.497 e. The molecule has 1 aliphatic rings. The van der Waals surface area contributed by atoms with Gasteiger partial charge in [-0.2, -0.15) is 0 Å². The largest absolute Gasteiger partial charge is 0.497 e. The van der Waals surface area contributed by atoms with Crippen LogP contribution in [0.15, 0.2) is 36.4 Å². The molecule has 0 aliphatic carbocycles. The number of nitrogens with zero attached hydrogens (tertiary/aromatic N) is 1. The van der Waals surface area contributed by atoms with Gasteiger partial charge in [0.25, 0.3) is 0 Å². The molecule has 5 heteroatoms. The van der Waals surface area contributed by atoms with Crippen molar-refractivity contribution in [1.82, 2.24) is 4.90 Å². The van der Waals surface area contributed by atoms with Crippen LogP contribution in [0.4, 0.5) is 0 Å². The summed E-state index contributed by atoms with van der Waals surface area (Å²) in [4.78, 5) is 26.2. The van der Waals surface area contributed by atoms with E-state index in [1.165, 1.54) is 0 Å². The third-order valence-corrected chi connectivity index (χ3v) is 5.47. The number of benzene rings is 2. The van der Waals surface area contributed by atoms with E-state index in [0.717, 1.165) is 28.5 Å². The number of amides is 1. The molecule has 0 radical (unpaired) electrons. The molecule has 0 bridgehead atoms. The molecule has 1 saturated heterocycles. The van der Waals surface area contributed by atoms with Crippen molar-refractivity contribution in [2.24, 2.45) is 5.41 Å². The number of ether oxygens (including phenoxy) is 1. The van der Waals surface area contributed by atoms with Gasteiger partial charge in [0.2, 0.25) is 5.91 Å². The van der Waals surface area contributed by atoms with Crippen molar-refractivity contribution in [1.29, 1.82) is 0 Å². The maximum Gasteiger partial charge on any atom is 0.311 e. The maximum absolute atomic E-state index is 13.0. The molecule has 1 N–H and O–H groups in total. The highest BCUT2D eigenvalue weighted by Crippen LogP contribution is 2.32. The van der Waals surface area contributed by atoms with E-state index >= 15 is 0 Å². The van der Waals surface area contributed by atoms with E-state index in [4.69, 9.17) is 4.74 Å². The lowest BCUT2D eigenvalue weighted by Crippen LogP contribution is -2.49. The van der Waals surface area contributed by atoms with Gasteiger partial charge in [-0.15, -0.1) is 0 Å². The van der Waals surface area contributed by atoms with Crippen LogP contribution in [-0.2, 0) is 9.59 Å². The van der Waals surface area contributed by atoms with E-state index in [0.29, 0.717) is 13.0 Å². The number of hydrogen-bond acceptors (Lipinski definition) is 3. The molecule has 5 nitrogen and oxygen atoms in total. The molecule has 1 fully saturated rings. The highest BCUT2D eigenvalue weighted by Gasteiger charge is 2.40. The van der Waals surface area contributed by atoms with Crippen molar-refractivity contribution in [3.05, 3.63) is 42.0 Å². The van der Waals surface area contributed by atoms with Gasteiger partial charge >= 0.3 is 5.97 Å².